The molecule has 12 aromatic rings. The quantitative estimate of drug-likeness (QED) is 0.0560. The summed E-state index contributed by atoms with van der Waals surface area (Å²) in [5.74, 6) is 1.30. The molecule has 12 aromatic heterocycles. The molecule has 30 atom stereocenters. The highest BCUT2D eigenvalue weighted by atomic mass is 32.5. The molecule has 21 rings (SSSR count). The first-order valence-corrected chi connectivity index (χ1v) is 47.6. The van der Waals surface area contributed by atoms with Gasteiger partial charge >= 0.3 is 6.72 Å². The number of nitrogens with two attached hydrogens (primary N) is 3. The second-order valence-electron chi connectivity index (χ2n) is 30.3. The maximum absolute atomic E-state index is 16.2. The highest BCUT2D eigenvalue weighted by Gasteiger charge is 2.58. The third-order valence-electron chi connectivity index (χ3n) is 22.3. The van der Waals surface area contributed by atoms with Crippen LogP contribution >= 0.6 is 44.1 Å². The van der Waals surface area contributed by atoms with Crippen LogP contribution in [0.4, 0.5) is 30.6 Å². The number of aromatic amines is 3. The molecule has 0 radical (unpaired) electrons. The van der Waals surface area contributed by atoms with Crippen LogP contribution in [0, 0.1) is 20.8 Å². The van der Waals surface area contributed by atoms with Crippen molar-refractivity contribution in [3.63, 3.8) is 0 Å². The molecule has 744 valence electrons. The minimum Gasteiger partial charge on any atom is -0.382 e. The molecule has 9 aliphatic rings. The largest absolute Gasteiger partial charge is 0.382 e. The molecule has 0 aliphatic carbocycles. The van der Waals surface area contributed by atoms with E-state index >= 15 is 13.2 Å². The minimum absolute atomic E-state index is 0.0394. The van der Waals surface area contributed by atoms with Gasteiger partial charge in [-0.3, -0.25) is 46.3 Å². The number of alkyl halides is 3. The molecule has 6 bridgehead atoms. The summed E-state index contributed by atoms with van der Waals surface area (Å²) in [5, 5.41) is 0. The second kappa shape index (κ2) is 37.8. The predicted molar refractivity (Wildman–Crippen MR) is 488 cm³/mol. The third-order valence-corrected chi connectivity index (χ3v) is 27.8. The van der Waals surface area contributed by atoms with E-state index in [9.17, 15) is 42.1 Å². The fourth-order valence-electron chi connectivity index (χ4n) is 16.4. The first-order valence-electron chi connectivity index (χ1n) is 39.5. The Hall–Kier alpha value is -8.87. The molecule has 72 heteroatoms. The smallest absolute Gasteiger partial charge is 0.325 e. The molecule has 0 spiro atoms. The predicted octanol–water partition coefficient (Wildman–Crippen LogP) is -2.97. The number of H-pyrrole nitrogens is 3. The number of aromatic nitrogens is 24. The van der Waals surface area contributed by atoms with Crippen molar-refractivity contribution < 1.29 is 138 Å². The Balaban J connectivity index is 0.000000132. The maximum Gasteiger partial charge on any atom is 0.325 e. The summed E-state index contributed by atoms with van der Waals surface area (Å²) in [5.41, 5.74) is 18.5. The second-order valence-corrected chi connectivity index (χ2v) is 37.7. The SMILES string of the molecule is [BH3-][P@@]1(=O)OCC2OC(n3cnc4c(=O)[nH]c(C)nc43)C(O[P@]([BH3-])(=O)OCC3OC(n4cnc5c(N)ncnc54)C(F)C3O1)C2OC.[BH3-][P@]1(=O)OCC2OC(n3cnc4c(=O)[nH]c(C)nc43)C(OP(O)(=S)OCC3OC(n4cnc5c(N)ncnc54)C(F)C3O1)C2OC.[BH3-][P@]1(=O)OCC2OC(n3cnc4c(=O)[nH]c(C)nc43)C(O[P@@]([BH3-])(=O)OCC3OC(n4cnc5c(N)ncnc54)C(F)C3O1)C2OC. The highest BCUT2D eigenvalue weighted by Crippen LogP contribution is 2.59. The summed E-state index contributed by atoms with van der Waals surface area (Å²) in [6, 6.07) is 0. The van der Waals surface area contributed by atoms with Gasteiger partial charge in [-0.25, -0.2) is 87.9 Å². The number of ether oxygens (including phenoxy) is 9. The van der Waals surface area contributed by atoms with Crippen LogP contribution in [-0.4, -0.2) is 331 Å². The molecule has 9 aliphatic heterocycles. The van der Waals surface area contributed by atoms with Crippen molar-refractivity contribution in [1.82, 2.24) is 117 Å². The molecule has 57 nitrogen and oxygen atoms in total. The van der Waals surface area contributed by atoms with Crippen molar-refractivity contribution in [2.45, 2.75) is 168 Å². The first-order chi connectivity index (χ1) is 65.6. The molecule has 9 saturated heterocycles. The topological polar surface area (TPSA) is 699 Å². The molecule has 9 fully saturated rings. The van der Waals surface area contributed by atoms with Gasteiger partial charge in [0, 0.05) is 21.3 Å². The van der Waals surface area contributed by atoms with Gasteiger partial charge in [0.25, 0.3) is 16.7 Å². The van der Waals surface area contributed by atoms with E-state index in [4.69, 9.17) is 126 Å². The van der Waals surface area contributed by atoms with Crippen LogP contribution in [-0.2, 0) is 132 Å². The van der Waals surface area contributed by atoms with Gasteiger partial charge in [-0.2, -0.15) is 0 Å². The summed E-state index contributed by atoms with van der Waals surface area (Å²) in [7, 11) is -20.5. The Bertz CT molecular complexity index is 6560. The van der Waals surface area contributed by atoms with Crippen LogP contribution in [0.5, 0.6) is 0 Å². The van der Waals surface area contributed by atoms with Gasteiger partial charge in [0.1, 0.15) is 182 Å². The number of halogens is 3. The Morgan fingerprint density at radius 2 is 0.587 bits per heavy atom. The number of methoxy groups -OCH3 is 3. The number of anilines is 3. The summed E-state index contributed by atoms with van der Waals surface area (Å²) in [4.78, 5) is 119. The van der Waals surface area contributed by atoms with Crippen LogP contribution in [0.25, 0.3) is 67.0 Å². The third kappa shape index (κ3) is 18.9. The van der Waals surface area contributed by atoms with E-state index in [2.05, 4.69) is 89.7 Å². The van der Waals surface area contributed by atoms with Gasteiger partial charge in [-0.1, -0.05) is 0 Å². The molecule has 25 unspecified atom stereocenters. The van der Waals surface area contributed by atoms with Gasteiger partial charge in [0.2, 0.25) is 0 Å². The Kier molecular flexibility index (Phi) is 26.8. The van der Waals surface area contributed by atoms with Crippen molar-refractivity contribution in [3.05, 3.63) is 105 Å². The fourth-order valence-corrected chi connectivity index (χ4v) is 21.7. The maximum atomic E-state index is 16.2. The highest BCUT2D eigenvalue weighted by molar-refractivity contribution is 8.07. The Labute approximate surface area is 781 Å². The Morgan fingerprint density at radius 1 is 0.355 bits per heavy atom. The van der Waals surface area contributed by atoms with E-state index < -0.39 is 266 Å². The number of rotatable bonds is 9. The van der Waals surface area contributed by atoms with Crippen LogP contribution in [0.1, 0.15) is 54.8 Å². The van der Waals surface area contributed by atoms with Gasteiger partial charge < -0.3 is 152 Å². The molecule has 0 aromatic carbocycles. The monoisotopic (exact) mass is 2070 g/mol. The van der Waals surface area contributed by atoms with E-state index in [1.807, 2.05) is 0 Å². The number of imidazole rings is 6. The molecule has 0 saturated carbocycles. The zero-order chi connectivity index (χ0) is 97.6. The minimum atomic E-state index is -4.15. The van der Waals surface area contributed by atoms with Crippen molar-refractivity contribution in [1.29, 1.82) is 0 Å². The number of fused-ring (bicyclic) bond motifs is 15. The van der Waals surface area contributed by atoms with Gasteiger partial charge in [0.05, 0.1) is 115 Å². The van der Waals surface area contributed by atoms with Crippen LogP contribution in [0.15, 0.2) is 71.3 Å². The molecule has 0 amide bonds. The number of nitrogens with one attached hydrogen (secondary N) is 3. The normalized spacial score (nSPS) is 37.2. The van der Waals surface area contributed by atoms with E-state index in [1.165, 1.54) is 106 Å². The average molecular weight is 2070 g/mol. The van der Waals surface area contributed by atoms with Crippen molar-refractivity contribution >= 4 is 178 Å². The fraction of sp³-hybridized carbons (Fsp3) is 0.545. The van der Waals surface area contributed by atoms with E-state index in [1.54, 1.807) is 20.8 Å². The number of nitrogens with zero attached hydrogens (tertiary/aromatic N) is 21. The lowest BCUT2D eigenvalue weighted by atomic mass is 10.1. The first kappa shape index (κ1) is 97.9. The van der Waals surface area contributed by atoms with Crippen LogP contribution < -0.4 is 33.9 Å². The summed E-state index contributed by atoms with van der Waals surface area (Å²) in [6.45, 7) is -1.51. The lowest BCUT2D eigenvalue weighted by Gasteiger charge is -2.31. The van der Waals surface area contributed by atoms with Crippen LogP contribution in [0.3, 0.4) is 0 Å². The van der Waals surface area contributed by atoms with E-state index in [-0.39, 0.29) is 104 Å². The zero-order valence-corrected chi connectivity index (χ0v) is 75.1. The van der Waals surface area contributed by atoms with Gasteiger partial charge in [-0.05, 0) is 32.6 Å². The number of aryl methyl sites for hydroxylation is 3. The van der Waals surface area contributed by atoms with Gasteiger partial charge in [0.15, 0.2) is 124 Å². The number of hydrogen-bond donors (Lipinski definition) is 7. The average Bonchev–Trinajstić information content (AvgIpc) is 1.62. The number of nitrogen functional groups attached to an aromatic ring is 3. The molecular formula is C66H88B5F3N27O30P6S-5. The molecule has 138 heavy (non-hydrogen) atoms. The molecular weight excluding hydrogens is 1980 g/mol. The van der Waals surface area contributed by atoms with Crippen LogP contribution in [0.2, 0.25) is 0 Å². The summed E-state index contributed by atoms with van der Waals surface area (Å²) in [6.07, 6.45) is -17.6. The number of hydrogen-bond acceptors (Lipinski definition) is 48. The summed E-state index contributed by atoms with van der Waals surface area (Å²) < 4.78 is 251. The van der Waals surface area contributed by atoms with Crippen molar-refractivity contribution in [2.24, 2.45) is 0 Å². The molecule has 10 N–H and O–H groups in total. The van der Waals surface area contributed by atoms with Gasteiger partial charge in [-0.15, -0.1) is 0 Å². The molecule has 21 heterocycles. The van der Waals surface area contributed by atoms with E-state index in [0.29, 0.717) is 17.5 Å². The zero-order valence-electron chi connectivity index (χ0n) is 68.9. The summed E-state index contributed by atoms with van der Waals surface area (Å²) >= 11 is 5.37. The Morgan fingerprint density at radius 3 is 0.862 bits per heavy atom. The standard InChI is InChI=1S/2C22H30B2FN9O10P2.C22H28BFN9O10P2S/c2*1-8-31-19-13(20(35)32-8)30-7-34(19)22-16-15(38-2)10(42-22)4-40-45(23,36)43-14-9(3-39-46(24,37)44-16)41-21(11(14)25)33-6-29-12-17(26)27-5-28-18(12)33;1-8-30-19-13(20(34)31-8)29-7-33(19)22-16-15(37-2)10(41-22)3-38-44(23,35)42-14-9(4-39-45(36,46)43-16)40-21(11(14)24)32-6-28-12-17(25)26-5-27-18(12)32/h2*5-7,9-11,14-16,21-22H,3-4H2,1-2,23-24H3,(H2,26,27,28)(H,31,32,35);5-7,9-11,14-16,21-22H,3-4H2,1-2,23H3,(H,36,46)(H2,25,26,27)(H,30,31,34)/q2*-2;-1/t2*9?,10?,11?,14?,15?,16?,21?,22?,45-,46-;9?,10?,11?,14?,15?,16?,21?,22?,44-,45?/m100/s1. The lowest BCUT2D eigenvalue weighted by Crippen LogP contribution is -2.37. The van der Waals surface area contributed by atoms with E-state index in [0.717, 1.165) is 0 Å². The van der Waals surface area contributed by atoms with Crippen molar-refractivity contribution in [3.8, 4) is 0 Å². The van der Waals surface area contributed by atoms with Crippen molar-refractivity contribution in [2.75, 3.05) is 78.2 Å². The lowest BCUT2D eigenvalue weighted by molar-refractivity contribution is -0.0592.